The van der Waals surface area contributed by atoms with Gasteiger partial charge in [-0.25, -0.2) is 4.79 Å². The van der Waals surface area contributed by atoms with Gasteiger partial charge in [0.2, 0.25) is 0 Å². The molecule has 3 amide bonds. The number of hydrogen-bond acceptors (Lipinski definition) is 5. The van der Waals surface area contributed by atoms with Gasteiger partial charge in [0.25, 0.3) is 11.6 Å². The van der Waals surface area contributed by atoms with Crippen LogP contribution in [0.15, 0.2) is 17.1 Å². The zero-order chi connectivity index (χ0) is 16.5. The predicted molar refractivity (Wildman–Crippen MR) is 85.9 cm³/mol. The zero-order valence-corrected chi connectivity index (χ0v) is 13.6. The Bertz CT molecular complexity index is 788. The number of likely N-dealkylation sites (N-methyl/N-ethyl adjacent to an activating group) is 2. The average Bonchev–Trinajstić information content (AvgIpc) is 2.96. The van der Waals surface area contributed by atoms with Crippen LogP contribution in [0.2, 0.25) is 0 Å². The number of fused-ring (bicyclic) bond motifs is 2. The first-order valence-electron chi connectivity index (χ1n) is 7.56. The number of aliphatic imine (C=N–C) groups is 1. The molecule has 1 atom stereocenters. The summed E-state index contributed by atoms with van der Waals surface area (Å²) in [6.45, 7) is 5.07. The lowest BCUT2D eigenvalue weighted by Gasteiger charge is -2.48. The maximum atomic E-state index is 12.9. The van der Waals surface area contributed by atoms with Gasteiger partial charge in [-0.05, 0) is 37.1 Å². The molecule has 1 spiro atoms. The van der Waals surface area contributed by atoms with E-state index in [2.05, 4.69) is 17.1 Å². The normalized spacial score (nSPS) is 26.1. The fourth-order valence-corrected chi connectivity index (χ4v) is 3.51. The van der Waals surface area contributed by atoms with E-state index in [4.69, 9.17) is 4.74 Å². The van der Waals surface area contributed by atoms with Crippen LogP contribution >= 0.6 is 0 Å². The number of nitrogens with zero attached hydrogens (tertiary/aromatic N) is 4. The van der Waals surface area contributed by atoms with Crippen molar-refractivity contribution >= 4 is 29.1 Å². The van der Waals surface area contributed by atoms with Gasteiger partial charge in [-0.1, -0.05) is 0 Å². The third kappa shape index (κ3) is 1.55. The smallest absolute Gasteiger partial charge is 0.339 e. The lowest BCUT2D eigenvalue weighted by molar-refractivity contribution is -0.142. The van der Waals surface area contributed by atoms with Gasteiger partial charge >= 0.3 is 6.03 Å². The zero-order valence-electron chi connectivity index (χ0n) is 13.6. The summed E-state index contributed by atoms with van der Waals surface area (Å²) in [4.78, 5) is 33.9. The third-order valence-electron chi connectivity index (χ3n) is 4.95. The minimum atomic E-state index is -1.33. The summed E-state index contributed by atoms with van der Waals surface area (Å²) < 4.78 is 5.89. The fraction of sp³-hybridized carbons (Fsp3) is 0.438. The van der Waals surface area contributed by atoms with Gasteiger partial charge in [-0.2, -0.15) is 4.99 Å². The van der Waals surface area contributed by atoms with Crippen LogP contribution in [0.25, 0.3) is 0 Å². The molecule has 1 aromatic rings. The van der Waals surface area contributed by atoms with E-state index < -0.39 is 11.8 Å². The molecule has 0 aliphatic carbocycles. The number of amides is 3. The van der Waals surface area contributed by atoms with Crippen molar-refractivity contribution in [1.82, 2.24) is 4.90 Å². The highest BCUT2D eigenvalue weighted by molar-refractivity contribution is 6.29. The van der Waals surface area contributed by atoms with E-state index in [1.807, 2.05) is 25.8 Å². The number of hydrogen-bond donors (Lipinski definition) is 0. The van der Waals surface area contributed by atoms with Crippen LogP contribution in [0, 0.1) is 13.8 Å². The van der Waals surface area contributed by atoms with Crippen molar-refractivity contribution in [2.75, 3.05) is 37.0 Å². The molecule has 0 aromatic heterocycles. The number of carbonyl (C=O) groups is 2. The van der Waals surface area contributed by atoms with E-state index in [-0.39, 0.29) is 5.91 Å². The van der Waals surface area contributed by atoms with Crippen LogP contribution in [0.5, 0.6) is 0 Å². The van der Waals surface area contributed by atoms with Gasteiger partial charge < -0.3 is 14.5 Å². The first-order valence-corrected chi connectivity index (χ1v) is 7.56. The molecule has 1 saturated heterocycles. The fourth-order valence-electron chi connectivity index (χ4n) is 3.51. The Labute approximate surface area is 134 Å². The van der Waals surface area contributed by atoms with Gasteiger partial charge in [0, 0.05) is 20.6 Å². The Hall–Kier alpha value is -2.41. The molecule has 7 heteroatoms. The average molecular weight is 314 g/mol. The van der Waals surface area contributed by atoms with E-state index in [0.717, 1.165) is 27.4 Å². The summed E-state index contributed by atoms with van der Waals surface area (Å²) in [6.07, 6.45) is 0. The molecule has 4 rings (SSSR count). The summed E-state index contributed by atoms with van der Waals surface area (Å²) in [6, 6.07) is 3.56. The quantitative estimate of drug-likeness (QED) is 0.722. The van der Waals surface area contributed by atoms with Crippen molar-refractivity contribution in [2.45, 2.75) is 19.6 Å². The first kappa shape index (κ1) is 14.2. The molecule has 3 aliphatic heterocycles. The topological polar surface area (TPSA) is 65.5 Å². The number of urea groups is 1. The van der Waals surface area contributed by atoms with E-state index in [1.165, 1.54) is 7.05 Å². The van der Waals surface area contributed by atoms with E-state index >= 15 is 0 Å². The maximum Gasteiger partial charge on any atom is 0.351 e. The number of amidine groups is 1. The van der Waals surface area contributed by atoms with E-state index in [0.29, 0.717) is 19.0 Å². The van der Waals surface area contributed by atoms with Crippen molar-refractivity contribution in [3.8, 4) is 0 Å². The second-order valence-electron chi connectivity index (χ2n) is 6.21. The molecular formula is C16H18N4O3. The number of carbonyl (C=O) groups excluding carboxylic acids is 2. The molecule has 0 bridgehead atoms. The number of anilines is 2. The SMILES string of the molecule is Cc1cc2c(cc1C)N1CCOC13C(=O)N(C)C(=O)N=C3N2C. The molecule has 0 saturated carbocycles. The lowest BCUT2D eigenvalue weighted by atomic mass is 9.97. The number of rotatable bonds is 0. The number of imide groups is 1. The number of aryl methyl sites for hydroxylation is 2. The molecule has 23 heavy (non-hydrogen) atoms. The van der Waals surface area contributed by atoms with Crippen LogP contribution in [0.1, 0.15) is 11.1 Å². The second kappa shape index (κ2) is 4.32. The second-order valence-corrected chi connectivity index (χ2v) is 6.21. The predicted octanol–water partition coefficient (Wildman–Crippen LogP) is 1.28. The van der Waals surface area contributed by atoms with Crippen LogP contribution in [-0.4, -0.2) is 55.6 Å². The van der Waals surface area contributed by atoms with Crippen molar-refractivity contribution in [3.05, 3.63) is 23.3 Å². The summed E-state index contributed by atoms with van der Waals surface area (Å²) in [5.74, 6) is -0.0421. The molecule has 1 fully saturated rings. The molecular weight excluding hydrogens is 296 g/mol. The minimum absolute atomic E-state index is 0.346. The Balaban J connectivity index is 2.03. The molecule has 1 unspecified atom stereocenters. The highest BCUT2D eigenvalue weighted by Gasteiger charge is 2.62. The highest BCUT2D eigenvalue weighted by atomic mass is 16.5. The standard InChI is InChI=1S/C16H18N4O3/c1-9-7-11-12(8-10(9)2)20-5-6-23-16(20)13(18(11)3)17-15(22)19(4)14(16)21/h7-8H,5-6H2,1-4H3. The third-order valence-corrected chi connectivity index (χ3v) is 4.95. The van der Waals surface area contributed by atoms with Gasteiger partial charge in [-0.15, -0.1) is 0 Å². The molecule has 120 valence electrons. The Morgan fingerprint density at radius 3 is 2.43 bits per heavy atom. The Kier molecular flexibility index (Phi) is 2.67. The van der Waals surface area contributed by atoms with Gasteiger partial charge in [0.05, 0.1) is 18.0 Å². The van der Waals surface area contributed by atoms with Crippen LogP contribution in [0.3, 0.4) is 0 Å². The molecule has 0 radical (unpaired) electrons. The largest absolute Gasteiger partial charge is 0.351 e. The Morgan fingerprint density at radius 2 is 1.74 bits per heavy atom. The molecule has 3 heterocycles. The van der Waals surface area contributed by atoms with Crippen LogP contribution in [0.4, 0.5) is 16.2 Å². The lowest BCUT2D eigenvalue weighted by Crippen LogP contribution is -2.70. The molecule has 0 N–H and O–H groups in total. The maximum absolute atomic E-state index is 12.9. The van der Waals surface area contributed by atoms with Gasteiger partial charge in [0.15, 0.2) is 5.84 Å². The van der Waals surface area contributed by atoms with E-state index in [9.17, 15) is 9.59 Å². The summed E-state index contributed by atoms with van der Waals surface area (Å²) in [5, 5.41) is 0. The van der Waals surface area contributed by atoms with Crippen molar-refractivity contribution in [2.24, 2.45) is 4.99 Å². The molecule has 3 aliphatic rings. The minimum Gasteiger partial charge on any atom is -0.339 e. The highest BCUT2D eigenvalue weighted by Crippen LogP contribution is 2.46. The van der Waals surface area contributed by atoms with Crippen molar-refractivity contribution < 1.29 is 14.3 Å². The summed E-state index contributed by atoms with van der Waals surface area (Å²) >= 11 is 0. The first-order chi connectivity index (χ1) is 10.9. The van der Waals surface area contributed by atoms with Crippen molar-refractivity contribution in [1.29, 1.82) is 0 Å². The van der Waals surface area contributed by atoms with E-state index in [1.54, 1.807) is 4.90 Å². The molecule has 1 aromatic carbocycles. The number of ether oxygens (including phenoxy) is 1. The monoisotopic (exact) mass is 314 g/mol. The van der Waals surface area contributed by atoms with Gasteiger partial charge in [0.1, 0.15) is 0 Å². The summed E-state index contributed by atoms with van der Waals surface area (Å²) in [5.41, 5.74) is 2.83. The summed E-state index contributed by atoms with van der Waals surface area (Å²) in [7, 11) is 3.26. The van der Waals surface area contributed by atoms with Crippen LogP contribution in [-0.2, 0) is 9.53 Å². The van der Waals surface area contributed by atoms with Gasteiger partial charge in [-0.3, -0.25) is 9.69 Å². The number of benzene rings is 1. The van der Waals surface area contributed by atoms with Crippen LogP contribution < -0.4 is 9.80 Å². The molecule has 7 nitrogen and oxygen atoms in total. The van der Waals surface area contributed by atoms with Crippen molar-refractivity contribution in [3.63, 3.8) is 0 Å². The Morgan fingerprint density at radius 1 is 1.09 bits per heavy atom.